The zero-order valence-corrected chi connectivity index (χ0v) is 12.4. The standard InChI is InChI=1S/C18H17NO3/c1-22-15-9-7-14(8-10-15)16-11-17(20)19(18(16)21)12-13-5-3-2-4-6-13/h2-10,16H,11-12H2,1H3. The maximum Gasteiger partial charge on any atom is 0.237 e. The van der Waals surface area contributed by atoms with E-state index < -0.39 is 0 Å². The van der Waals surface area contributed by atoms with Crippen molar-refractivity contribution in [3.8, 4) is 5.75 Å². The molecule has 0 aromatic heterocycles. The molecule has 0 radical (unpaired) electrons. The fraction of sp³-hybridized carbons (Fsp3) is 0.222. The van der Waals surface area contributed by atoms with Gasteiger partial charge in [0.15, 0.2) is 0 Å². The molecule has 2 amide bonds. The van der Waals surface area contributed by atoms with Crippen LogP contribution >= 0.6 is 0 Å². The molecule has 2 aromatic carbocycles. The molecule has 1 saturated heterocycles. The molecule has 4 nitrogen and oxygen atoms in total. The van der Waals surface area contributed by atoms with Gasteiger partial charge in [-0.2, -0.15) is 0 Å². The molecule has 0 saturated carbocycles. The van der Waals surface area contributed by atoms with Crippen LogP contribution in [0.2, 0.25) is 0 Å². The van der Waals surface area contributed by atoms with E-state index in [1.165, 1.54) is 4.90 Å². The molecule has 0 aliphatic carbocycles. The maximum absolute atomic E-state index is 12.5. The second kappa shape index (κ2) is 6.02. The number of ether oxygens (including phenoxy) is 1. The number of nitrogens with zero attached hydrogens (tertiary/aromatic N) is 1. The van der Waals surface area contributed by atoms with Crippen LogP contribution in [-0.4, -0.2) is 23.8 Å². The fourth-order valence-corrected chi connectivity index (χ4v) is 2.71. The van der Waals surface area contributed by atoms with Crippen molar-refractivity contribution < 1.29 is 14.3 Å². The van der Waals surface area contributed by atoms with Gasteiger partial charge in [-0.25, -0.2) is 0 Å². The molecule has 0 N–H and O–H groups in total. The van der Waals surface area contributed by atoms with Crippen molar-refractivity contribution in [2.45, 2.75) is 18.9 Å². The number of amides is 2. The maximum atomic E-state index is 12.5. The number of hydrogen-bond donors (Lipinski definition) is 0. The van der Waals surface area contributed by atoms with Crippen molar-refractivity contribution in [2.24, 2.45) is 0 Å². The highest BCUT2D eigenvalue weighted by molar-refractivity contribution is 6.06. The van der Waals surface area contributed by atoms with E-state index in [1.54, 1.807) is 7.11 Å². The van der Waals surface area contributed by atoms with E-state index in [1.807, 2.05) is 54.6 Å². The van der Waals surface area contributed by atoms with Gasteiger partial charge < -0.3 is 4.74 Å². The molecule has 0 bridgehead atoms. The molecule has 1 atom stereocenters. The summed E-state index contributed by atoms with van der Waals surface area (Å²) in [6.45, 7) is 0.338. The molecule has 0 spiro atoms. The monoisotopic (exact) mass is 295 g/mol. The van der Waals surface area contributed by atoms with Gasteiger partial charge in [0.05, 0.1) is 19.6 Å². The highest BCUT2D eigenvalue weighted by atomic mass is 16.5. The van der Waals surface area contributed by atoms with Crippen molar-refractivity contribution in [3.05, 3.63) is 65.7 Å². The Morgan fingerprint density at radius 1 is 1.05 bits per heavy atom. The van der Waals surface area contributed by atoms with E-state index in [0.717, 1.165) is 16.9 Å². The van der Waals surface area contributed by atoms with E-state index in [4.69, 9.17) is 4.74 Å². The van der Waals surface area contributed by atoms with Gasteiger partial charge in [0, 0.05) is 6.42 Å². The van der Waals surface area contributed by atoms with Crippen LogP contribution in [0.25, 0.3) is 0 Å². The number of rotatable bonds is 4. The average Bonchev–Trinajstić information content (AvgIpc) is 2.84. The highest BCUT2D eigenvalue weighted by Crippen LogP contribution is 2.31. The Balaban J connectivity index is 1.78. The molecular weight excluding hydrogens is 278 g/mol. The summed E-state index contributed by atoms with van der Waals surface area (Å²) in [6, 6.07) is 16.9. The van der Waals surface area contributed by atoms with Crippen LogP contribution in [0.5, 0.6) is 5.75 Å². The lowest BCUT2D eigenvalue weighted by Gasteiger charge is -2.15. The lowest BCUT2D eigenvalue weighted by molar-refractivity contribution is -0.139. The number of carbonyl (C=O) groups excluding carboxylic acids is 2. The summed E-state index contributed by atoms with van der Waals surface area (Å²) in [7, 11) is 1.60. The third-order valence-electron chi connectivity index (χ3n) is 3.95. The normalized spacial score (nSPS) is 17.9. The van der Waals surface area contributed by atoms with E-state index >= 15 is 0 Å². The summed E-state index contributed by atoms with van der Waals surface area (Å²) in [6.07, 6.45) is 0.234. The Morgan fingerprint density at radius 3 is 2.36 bits per heavy atom. The van der Waals surface area contributed by atoms with E-state index in [-0.39, 0.29) is 24.2 Å². The second-order valence-electron chi connectivity index (χ2n) is 5.33. The van der Waals surface area contributed by atoms with Crippen molar-refractivity contribution in [1.29, 1.82) is 0 Å². The summed E-state index contributed by atoms with van der Waals surface area (Å²) in [4.78, 5) is 26.1. The minimum Gasteiger partial charge on any atom is -0.497 e. The first-order chi connectivity index (χ1) is 10.7. The number of likely N-dealkylation sites (tertiary alicyclic amines) is 1. The number of imide groups is 1. The number of benzene rings is 2. The molecule has 1 aliphatic heterocycles. The highest BCUT2D eigenvalue weighted by Gasteiger charge is 2.39. The van der Waals surface area contributed by atoms with Crippen LogP contribution in [-0.2, 0) is 16.1 Å². The largest absolute Gasteiger partial charge is 0.497 e. The van der Waals surface area contributed by atoms with E-state index in [0.29, 0.717) is 6.54 Å². The van der Waals surface area contributed by atoms with Gasteiger partial charge in [-0.15, -0.1) is 0 Å². The lowest BCUT2D eigenvalue weighted by atomic mass is 9.97. The van der Waals surface area contributed by atoms with Gasteiger partial charge in [-0.3, -0.25) is 14.5 Å². The minimum absolute atomic E-state index is 0.116. The fourth-order valence-electron chi connectivity index (χ4n) is 2.71. The molecular formula is C18H17NO3. The first-order valence-electron chi connectivity index (χ1n) is 7.21. The molecule has 2 aromatic rings. The van der Waals surface area contributed by atoms with Gasteiger partial charge >= 0.3 is 0 Å². The molecule has 1 unspecified atom stereocenters. The van der Waals surface area contributed by atoms with E-state index in [9.17, 15) is 9.59 Å². The Kier molecular flexibility index (Phi) is 3.92. The molecule has 1 fully saturated rings. The number of methoxy groups -OCH3 is 1. The Hall–Kier alpha value is -2.62. The zero-order valence-electron chi connectivity index (χ0n) is 12.4. The first-order valence-corrected chi connectivity index (χ1v) is 7.21. The van der Waals surface area contributed by atoms with Gasteiger partial charge in [0.2, 0.25) is 11.8 Å². The van der Waals surface area contributed by atoms with Gasteiger partial charge in [-0.1, -0.05) is 42.5 Å². The summed E-state index contributed by atoms with van der Waals surface area (Å²) in [5, 5.41) is 0. The third kappa shape index (κ3) is 2.72. The summed E-state index contributed by atoms with van der Waals surface area (Å²) >= 11 is 0. The van der Waals surface area contributed by atoms with Gasteiger partial charge in [0.1, 0.15) is 5.75 Å². The van der Waals surface area contributed by atoms with Crippen LogP contribution in [0.4, 0.5) is 0 Å². The van der Waals surface area contributed by atoms with Gasteiger partial charge in [0.25, 0.3) is 0 Å². The Labute approximate surface area is 129 Å². The number of hydrogen-bond acceptors (Lipinski definition) is 3. The quantitative estimate of drug-likeness (QED) is 0.815. The predicted octanol–water partition coefficient (Wildman–Crippen LogP) is 2.74. The van der Waals surface area contributed by atoms with Crippen LogP contribution in [0.1, 0.15) is 23.5 Å². The van der Waals surface area contributed by atoms with Crippen LogP contribution in [0.15, 0.2) is 54.6 Å². The summed E-state index contributed by atoms with van der Waals surface area (Å²) in [5.74, 6) is 0.109. The van der Waals surface area contributed by atoms with Crippen LogP contribution < -0.4 is 4.74 Å². The van der Waals surface area contributed by atoms with Crippen LogP contribution in [0, 0.1) is 0 Å². The molecule has 4 heteroatoms. The number of carbonyl (C=O) groups is 2. The SMILES string of the molecule is COc1ccc(C2CC(=O)N(Cc3ccccc3)C2=O)cc1. The van der Waals surface area contributed by atoms with Crippen LogP contribution in [0.3, 0.4) is 0 Å². The predicted molar refractivity (Wildman–Crippen MR) is 82.4 cm³/mol. The topological polar surface area (TPSA) is 46.6 Å². The molecule has 1 heterocycles. The smallest absolute Gasteiger partial charge is 0.237 e. The van der Waals surface area contributed by atoms with Gasteiger partial charge in [-0.05, 0) is 23.3 Å². The van der Waals surface area contributed by atoms with E-state index in [2.05, 4.69) is 0 Å². The molecule has 22 heavy (non-hydrogen) atoms. The first kappa shape index (κ1) is 14.3. The summed E-state index contributed by atoms with van der Waals surface area (Å²) < 4.78 is 5.12. The Morgan fingerprint density at radius 2 is 1.73 bits per heavy atom. The van der Waals surface area contributed by atoms with Crippen molar-refractivity contribution in [2.75, 3.05) is 7.11 Å². The second-order valence-corrected chi connectivity index (χ2v) is 5.33. The zero-order chi connectivity index (χ0) is 15.5. The summed E-state index contributed by atoms with van der Waals surface area (Å²) in [5.41, 5.74) is 1.81. The third-order valence-corrected chi connectivity index (χ3v) is 3.95. The average molecular weight is 295 g/mol. The van der Waals surface area contributed by atoms with Crippen molar-refractivity contribution >= 4 is 11.8 Å². The molecule has 112 valence electrons. The van der Waals surface area contributed by atoms with Crippen molar-refractivity contribution in [3.63, 3.8) is 0 Å². The minimum atomic E-state index is -0.387. The lowest BCUT2D eigenvalue weighted by Crippen LogP contribution is -2.29. The Bertz CT molecular complexity index is 679. The molecule has 1 aliphatic rings. The van der Waals surface area contributed by atoms with Crippen molar-refractivity contribution in [1.82, 2.24) is 4.90 Å². The molecule has 3 rings (SSSR count).